The maximum Gasteiger partial charge on any atom is 0.263 e. The molecule has 8 nitrogen and oxygen atoms in total. The molecular formula is C36H32N3O5S2+. The fraction of sp³-hybridized carbons (Fsp3) is 0.222. The van der Waals surface area contributed by atoms with Crippen LogP contribution in [0.4, 0.5) is 5.69 Å². The largest absolute Gasteiger partial charge is 0.395 e. The lowest BCUT2D eigenvalue weighted by Gasteiger charge is -2.30. The van der Waals surface area contributed by atoms with Crippen LogP contribution in [-0.4, -0.2) is 58.3 Å². The van der Waals surface area contributed by atoms with E-state index in [0.29, 0.717) is 40.3 Å². The lowest BCUT2D eigenvalue weighted by atomic mass is 9.81. The molecule has 0 spiro atoms. The van der Waals surface area contributed by atoms with Gasteiger partial charge in [-0.1, -0.05) is 67.6 Å². The number of nitrogens with zero attached hydrogens (tertiary/aromatic N) is 3. The number of fused-ring (bicyclic) bond motifs is 3. The van der Waals surface area contributed by atoms with Crippen molar-refractivity contribution >= 4 is 62.7 Å². The number of amides is 2. The zero-order chi connectivity index (χ0) is 32.2. The van der Waals surface area contributed by atoms with Gasteiger partial charge in [0.25, 0.3) is 16.8 Å². The van der Waals surface area contributed by atoms with E-state index < -0.39 is 5.41 Å². The summed E-state index contributed by atoms with van der Waals surface area (Å²) in [5.41, 5.74) is 5.27. The SMILES string of the molecule is CC1(C)C(=CC2=C(SCN3C(=O)c4ccccc4C3=O)C(=Cc3sc4ccccc4[n+]3CCO)C2=O)N(CCO)c2ccccc21. The molecule has 2 amide bonds. The number of β-amino-alcohol motifs (C(OH)–C–C–N with tert-alkyl or cyclic N) is 1. The first kappa shape index (κ1) is 30.3. The Hall–Kier alpha value is -4.35. The second kappa shape index (κ2) is 11.8. The molecule has 1 aliphatic carbocycles. The highest BCUT2D eigenvalue weighted by molar-refractivity contribution is 8.03. The standard InChI is InChI=1S/C36H32N3O5S2/c1-36(2)26-11-5-6-12-27(26)37(15-17-40)30(36)19-24-32(42)25(20-31-38(16-18-41)28-13-7-8-14-29(28)46-31)33(24)45-21-39-34(43)22-9-3-4-10-23(22)35(39)44/h3-14,19-20,40-41H,15-18,21H2,1-2H3/q+1. The normalized spacial score (nSPS) is 18.7. The first-order valence-corrected chi connectivity index (χ1v) is 16.9. The van der Waals surface area contributed by atoms with Crippen molar-refractivity contribution in [1.82, 2.24) is 4.90 Å². The van der Waals surface area contributed by atoms with Crippen molar-refractivity contribution in [3.63, 3.8) is 0 Å². The summed E-state index contributed by atoms with van der Waals surface area (Å²) < 4.78 is 3.04. The van der Waals surface area contributed by atoms with E-state index in [1.165, 1.54) is 28.0 Å². The summed E-state index contributed by atoms with van der Waals surface area (Å²) in [6.45, 7) is 4.85. The third kappa shape index (κ3) is 4.75. The Bertz CT molecular complexity index is 2000. The molecular weight excluding hydrogens is 619 g/mol. The Morgan fingerprint density at radius 2 is 1.52 bits per heavy atom. The zero-order valence-corrected chi connectivity index (χ0v) is 27.0. The minimum atomic E-state index is -0.438. The Morgan fingerprint density at radius 1 is 0.848 bits per heavy atom. The van der Waals surface area contributed by atoms with E-state index in [1.54, 1.807) is 24.3 Å². The highest BCUT2D eigenvalue weighted by Gasteiger charge is 2.43. The number of aliphatic hydroxyl groups excluding tert-OH is 2. The molecule has 3 aliphatic rings. The third-order valence-corrected chi connectivity index (χ3v) is 11.1. The van der Waals surface area contributed by atoms with E-state index in [1.807, 2.05) is 59.2 Å². The summed E-state index contributed by atoms with van der Waals surface area (Å²) in [6, 6.07) is 22.8. The van der Waals surface area contributed by atoms with Gasteiger partial charge in [0.2, 0.25) is 5.52 Å². The second-order valence-electron chi connectivity index (χ2n) is 11.8. The number of thiazole rings is 1. The molecule has 3 aromatic carbocycles. The van der Waals surface area contributed by atoms with E-state index in [9.17, 15) is 24.6 Å². The number of para-hydroxylation sites is 2. The summed E-state index contributed by atoms with van der Waals surface area (Å²) >= 11 is 2.83. The second-order valence-corrected chi connectivity index (χ2v) is 13.8. The maximum absolute atomic E-state index is 14.0. The van der Waals surface area contributed by atoms with Gasteiger partial charge in [0.15, 0.2) is 12.3 Å². The van der Waals surface area contributed by atoms with Crippen molar-refractivity contribution in [2.24, 2.45) is 0 Å². The van der Waals surface area contributed by atoms with E-state index >= 15 is 0 Å². The monoisotopic (exact) mass is 650 g/mol. The number of imide groups is 1. The zero-order valence-electron chi connectivity index (χ0n) is 25.4. The quantitative estimate of drug-likeness (QED) is 0.148. The van der Waals surface area contributed by atoms with Gasteiger partial charge in [0, 0.05) is 51.5 Å². The summed E-state index contributed by atoms with van der Waals surface area (Å²) in [5, 5.41) is 20.6. The van der Waals surface area contributed by atoms with Gasteiger partial charge in [-0.2, -0.15) is 4.57 Å². The van der Waals surface area contributed by atoms with Crippen molar-refractivity contribution in [2.75, 3.05) is 30.5 Å². The lowest BCUT2D eigenvalue weighted by molar-refractivity contribution is -0.670. The van der Waals surface area contributed by atoms with Gasteiger partial charge in [0.1, 0.15) is 11.3 Å². The number of Topliss-reactive ketones (excluding diaryl/α,β-unsaturated/α-hetero) is 1. The number of hydrogen-bond acceptors (Lipinski definition) is 8. The molecule has 46 heavy (non-hydrogen) atoms. The Labute approximate surface area is 274 Å². The van der Waals surface area contributed by atoms with E-state index in [2.05, 4.69) is 24.8 Å². The fourth-order valence-corrected chi connectivity index (χ4v) is 8.77. The van der Waals surface area contributed by atoms with Crippen LogP contribution < -0.4 is 9.47 Å². The predicted octanol–water partition coefficient (Wildman–Crippen LogP) is 5.06. The van der Waals surface area contributed by atoms with Crippen LogP contribution in [0.25, 0.3) is 16.3 Å². The lowest BCUT2D eigenvalue weighted by Crippen LogP contribution is -2.37. The Kier molecular flexibility index (Phi) is 7.76. The van der Waals surface area contributed by atoms with Crippen LogP contribution >= 0.6 is 23.1 Å². The summed E-state index contributed by atoms with van der Waals surface area (Å²) in [5.74, 6) is -0.791. The number of ketones is 1. The number of hydrogen-bond donors (Lipinski definition) is 2. The molecule has 232 valence electrons. The molecule has 0 unspecified atom stereocenters. The molecule has 0 fully saturated rings. The van der Waals surface area contributed by atoms with Crippen LogP contribution in [0.2, 0.25) is 0 Å². The number of thioether (sulfide) groups is 1. The molecule has 0 saturated heterocycles. The van der Waals surface area contributed by atoms with Crippen LogP contribution in [-0.2, 0) is 16.8 Å². The summed E-state index contributed by atoms with van der Waals surface area (Å²) in [7, 11) is 0. The summed E-state index contributed by atoms with van der Waals surface area (Å²) in [4.78, 5) is 44.4. The molecule has 3 heterocycles. The first-order valence-electron chi connectivity index (χ1n) is 15.1. The van der Waals surface area contributed by atoms with Crippen LogP contribution in [0, 0.1) is 0 Å². The van der Waals surface area contributed by atoms with Crippen molar-refractivity contribution in [3.8, 4) is 0 Å². The van der Waals surface area contributed by atoms with Crippen LogP contribution in [0.15, 0.2) is 101 Å². The minimum Gasteiger partial charge on any atom is -0.395 e. The van der Waals surface area contributed by atoms with Gasteiger partial charge in [-0.3, -0.25) is 19.3 Å². The molecule has 0 radical (unpaired) electrons. The van der Waals surface area contributed by atoms with Gasteiger partial charge in [-0.25, -0.2) is 0 Å². The molecule has 7 rings (SSSR count). The van der Waals surface area contributed by atoms with Crippen molar-refractivity contribution in [1.29, 1.82) is 0 Å². The van der Waals surface area contributed by atoms with Crippen LogP contribution in [0.1, 0.15) is 45.1 Å². The molecule has 0 atom stereocenters. The maximum atomic E-state index is 14.0. The number of anilines is 1. The topological polar surface area (TPSA) is 102 Å². The average Bonchev–Trinajstić information content (AvgIpc) is 3.61. The fourth-order valence-electron chi connectivity index (χ4n) is 6.53. The van der Waals surface area contributed by atoms with Gasteiger partial charge < -0.3 is 15.1 Å². The van der Waals surface area contributed by atoms with Crippen LogP contribution in [0.5, 0.6) is 0 Å². The molecule has 2 aliphatic heterocycles. The van der Waals surface area contributed by atoms with E-state index in [4.69, 9.17) is 0 Å². The van der Waals surface area contributed by atoms with Gasteiger partial charge in [-0.15, -0.1) is 11.8 Å². The predicted molar refractivity (Wildman–Crippen MR) is 180 cm³/mol. The van der Waals surface area contributed by atoms with Crippen molar-refractivity contribution in [2.45, 2.75) is 25.8 Å². The van der Waals surface area contributed by atoms with Crippen molar-refractivity contribution < 1.29 is 29.2 Å². The molecule has 2 N–H and O–H groups in total. The number of rotatable bonds is 9. The summed E-state index contributed by atoms with van der Waals surface area (Å²) in [6.07, 6.45) is 3.77. The average molecular weight is 651 g/mol. The van der Waals surface area contributed by atoms with Gasteiger partial charge in [-0.05, 0) is 35.9 Å². The molecule has 0 saturated carbocycles. The minimum absolute atomic E-state index is 0.0476. The molecule has 4 aromatic rings. The highest BCUT2D eigenvalue weighted by atomic mass is 32.2. The Balaban J connectivity index is 1.33. The van der Waals surface area contributed by atoms with E-state index in [-0.39, 0.29) is 36.7 Å². The smallest absolute Gasteiger partial charge is 0.263 e. The van der Waals surface area contributed by atoms with Crippen molar-refractivity contribution in [3.05, 3.63) is 122 Å². The number of carbonyl (C=O) groups is 3. The molecule has 1 aromatic heterocycles. The number of aromatic nitrogens is 1. The highest BCUT2D eigenvalue weighted by Crippen LogP contribution is 2.50. The first-order chi connectivity index (χ1) is 22.3. The number of aliphatic hydroxyl groups is 2. The third-order valence-electron chi connectivity index (χ3n) is 8.83. The van der Waals surface area contributed by atoms with Crippen LogP contribution in [0.3, 0.4) is 0 Å². The Morgan fingerprint density at radius 3 is 2.24 bits per heavy atom. The number of allylic oxidation sites excluding steroid dienone is 4. The number of carbonyl (C=O) groups excluding carboxylic acids is 3. The number of benzene rings is 3. The van der Waals surface area contributed by atoms with Gasteiger partial charge in [0.05, 0.1) is 23.6 Å². The van der Waals surface area contributed by atoms with E-state index in [0.717, 1.165) is 32.2 Å². The molecule has 10 heteroatoms. The van der Waals surface area contributed by atoms with Gasteiger partial charge >= 0.3 is 0 Å². The molecule has 0 bridgehead atoms.